The zero-order chi connectivity index (χ0) is 15.4. The molecule has 21 heavy (non-hydrogen) atoms. The van der Waals surface area contributed by atoms with Gasteiger partial charge >= 0.3 is 6.03 Å². The number of aryl methyl sites for hydroxylation is 1. The number of imide groups is 1. The van der Waals surface area contributed by atoms with Crippen molar-refractivity contribution in [2.75, 3.05) is 19.0 Å². The van der Waals surface area contributed by atoms with E-state index < -0.39 is 11.9 Å². The van der Waals surface area contributed by atoms with Crippen LogP contribution in [0.2, 0.25) is 5.02 Å². The Labute approximate surface area is 128 Å². The Hall–Kier alpha value is -1.95. The molecule has 1 aliphatic rings. The molecule has 1 aromatic rings. The van der Waals surface area contributed by atoms with Crippen LogP contribution < -0.4 is 20.7 Å². The summed E-state index contributed by atoms with van der Waals surface area (Å²) in [5.74, 6) is 0.128. The van der Waals surface area contributed by atoms with E-state index in [9.17, 15) is 9.59 Å². The first kappa shape index (κ1) is 15.4. The summed E-state index contributed by atoms with van der Waals surface area (Å²) in [6.07, 6.45) is 1.95. The number of nitrogens with one attached hydrogen (secondary N) is 3. The van der Waals surface area contributed by atoms with Gasteiger partial charge in [-0.3, -0.25) is 10.1 Å². The van der Waals surface area contributed by atoms with E-state index in [1.165, 1.54) is 7.11 Å². The molecule has 0 aromatic heterocycles. The van der Waals surface area contributed by atoms with E-state index in [1.807, 2.05) is 6.92 Å². The van der Waals surface area contributed by atoms with E-state index >= 15 is 0 Å². The molecule has 0 aliphatic heterocycles. The lowest BCUT2D eigenvalue weighted by atomic mass is 10.2. The molecule has 0 heterocycles. The van der Waals surface area contributed by atoms with Crippen LogP contribution in [0.25, 0.3) is 0 Å². The molecule has 0 radical (unpaired) electrons. The monoisotopic (exact) mass is 311 g/mol. The van der Waals surface area contributed by atoms with Crippen molar-refractivity contribution in [1.29, 1.82) is 0 Å². The molecule has 1 fully saturated rings. The molecule has 0 bridgehead atoms. The van der Waals surface area contributed by atoms with Gasteiger partial charge in [-0.2, -0.15) is 0 Å². The van der Waals surface area contributed by atoms with E-state index in [0.717, 1.165) is 18.4 Å². The minimum absolute atomic E-state index is 0.0322. The summed E-state index contributed by atoms with van der Waals surface area (Å²) >= 11 is 6.01. The second-order valence-corrected chi connectivity index (χ2v) is 5.36. The minimum Gasteiger partial charge on any atom is -0.495 e. The maximum Gasteiger partial charge on any atom is 0.321 e. The molecule has 2 rings (SSSR count). The van der Waals surface area contributed by atoms with Gasteiger partial charge in [0.05, 0.1) is 19.3 Å². The quantitative estimate of drug-likeness (QED) is 0.777. The first-order valence-electron chi connectivity index (χ1n) is 6.68. The summed E-state index contributed by atoms with van der Waals surface area (Å²) in [6.45, 7) is 1.83. The highest BCUT2D eigenvalue weighted by Crippen LogP contribution is 2.30. The van der Waals surface area contributed by atoms with Gasteiger partial charge in [-0.25, -0.2) is 4.79 Å². The van der Waals surface area contributed by atoms with E-state index in [1.54, 1.807) is 12.1 Å². The van der Waals surface area contributed by atoms with Crippen molar-refractivity contribution in [3.05, 3.63) is 22.7 Å². The average Bonchev–Trinajstić information content (AvgIpc) is 3.23. The molecule has 3 N–H and O–H groups in total. The Morgan fingerprint density at radius 2 is 2.10 bits per heavy atom. The molecule has 0 atom stereocenters. The highest BCUT2D eigenvalue weighted by Gasteiger charge is 2.23. The van der Waals surface area contributed by atoms with Gasteiger partial charge < -0.3 is 15.4 Å². The number of halogens is 1. The predicted octanol–water partition coefficient (Wildman–Crippen LogP) is 2.06. The van der Waals surface area contributed by atoms with Crippen molar-refractivity contribution < 1.29 is 14.3 Å². The lowest BCUT2D eigenvalue weighted by molar-refractivity contribution is -0.118. The van der Waals surface area contributed by atoms with Crippen molar-refractivity contribution in [3.8, 4) is 5.75 Å². The standard InChI is InChI=1S/C14H18ClN3O3/c1-8-5-11(12(21-2)6-10(8)15)16-7-13(19)18-14(20)17-9-3-4-9/h5-6,9,16H,3-4,7H2,1-2H3,(H2,17,18,19,20). The van der Waals surface area contributed by atoms with E-state index in [4.69, 9.17) is 16.3 Å². The normalized spacial score (nSPS) is 13.5. The molecule has 1 aromatic carbocycles. The molecule has 0 saturated heterocycles. The van der Waals surface area contributed by atoms with Gasteiger partial charge in [0.25, 0.3) is 0 Å². The maximum atomic E-state index is 11.7. The van der Waals surface area contributed by atoms with Gasteiger partial charge in [-0.1, -0.05) is 11.6 Å². The first-order chi connectivity index (χ1) is 9.99. The number of methoxy groups -OCH3 is 1. The molecule has 6 nitrogen and oxygen atoms in total. The van der Waals surface area contributed by atoms with E-state index in [-0.39, 0.29) is 12.6 Å². The third-order valence-electron chi connectivity index (χ3n) is 3.09. The fraction of sp³-hybridized carbons (Fsp3) is 0.429. The molecule has 0 unspecified atom stereocenters. The Bertz CT molecular complexity index is 559. The van der Waals surface area contributed by atoms with E-state index in [2.05, 4.69) is 16.0 Å². The molecule has 1 aliphatic carbocycles. The fourth-order valence-corrected chi connectivity index (χ4v) is 1.92. The molecular weight excluding hydrogens is 294 g/mol. The number of rotatable bonds is 5. The number of urea groups is 1. The molecule has 0 spiro atoms. The van der Waals surface area contributed by atoms with Crippen molar-refractivity contribution in [2.45, 2.75) is 25.8 Å². The lowest BCUT2D eigenvalue weighted by Crippen LogP contribution is -2.42. The van der Waals surface area contributed by atoms with Crippen LogP contribution in [0.15, 0.2) is 12.1 Å². The summed E-state index contributed by atoms with van der Waals surface area (Å²) in [6, 6.07) is 3.23. The van der Waals surface area contributed by atoms with Gasteiger partial charge in [-0.05, 0) is 31.4 Å². The first-order valence-corrected chi connectivity index (χ1v) is 7.05. The second kappa shape index (κ2) is 6.67. The minimum atomic E-state index is -0.455. The van der Waals surface area contributed by atoms with Crippen molar-refractivity contribution in [3.63, 3.8) is 0 Å². The van der Waals surface area contributed by atoms with Crippen molar-refractivity contribution >= 4 is 29.2 Å². The predicted molar refractivity (Wildman–Crippen MR) is 80.9 cm³/mol. The van der Waals surface area contributed by atoms with Crippen LogP contribution in [-0.4, -0.2) is 31.6 Å². The van der Waals surface area contributed by atoms with E-state index in [0.29, 0.717) is 16.5 Å². The van der Waals surface area contributed by atoms with Gasteiger partial charge in [0.2, 0.25) is 5.91 Å². The summed E-state index contributed by atoms with van der Waals surface area (Å²) < 4.78 is 5.20. The SMILES string of the molecule is COc1cc(Cl)c(C)cc1NCC(=O)NC(=O)NC1CC1. The van der Waals surface area contributed by atoms with Crippen LogP contribution in [0.1, 0.15) is 18.4 Å². The number of hydrogen-bond acceptors (Lipinski definition) is 4. The second-order valence-electron chi connectivity index (χ2n) is 4.95. The molecule has 3 amide bonds. The Morgan fingerprint density at radius 1 is 1.38 bits per heavy atom. The van der Waals surface area contributed by atoms with Gasteiger partial charge in [-0.15, -0.1) is 0 Å². The van der Waals surface area contributed by atoms with Crippen LogP contribution in [0, 0.1) is 6.92 Å². The summed E-state index contributed by atoms with van der Waals surface area (Å²) in [5, 5.41) is 8.47. The smallest absolute Gasteiger partial charge is 0.321 e. The Morgan fingerprint density at radius 3 is 2.71 bits per heavy atom. The number of anilines is 1. The van der Waals surface area contributed by atoms with Crippen molar-refractivity contribution in [1.82, 2.24) is 10.6 Å². The number of hydrogen-bond donors (Lipinski definition) is 3. The highest BCUT2D eigenvalue weighted by atomic mass is 35.5. The highest BCUT2D eigenvalue weighted by molar-refractivity contribution is 6.31. The number of carbonyl (C=O) groups is 2. The summed E-state index contributed by atoms with van der Waals surface area (Å²) in [5.41, 5.74) is 1.52. The van der Waals surface area contributed by atoms with Crippen LogP contribution in [0.3, 0.4) is 0 Å². The van der Waals surface area contributed by atoms with Gasteiger partial charge in [0.1, 0.15) is 5.75 Å². The fourth-order valence-electron chi connectivity index (χ4n) is 1.77. The van der Waals surface area contributed by atoms with Crippen LogP contribution in [0.5, 0.6) is 5.75 Å². The maximum absolute atomic E-state index is 11.7. The molecule has 7 heteroatoms. The lowest BCUT2D eigenvalue weighted by Gasteiger charge is -2.13. The van der Waals surface area contributed by atoms with Crippen LogP contribution in [-0.2, 0) is 4.79 Å². The zero-order valence-corrected chi connectivity index (χ0v) is 12.7. The average molecular weight is 312 g/mol. The number of carbonyl (C=O) groups excluding carboxylic acids is 2. The van der Waals surface area contributed by atoms with Gasteiger partial charge in [0.15, 0.2) is 0 Å². The number of amides is 3. The molecule has 1 saturated carbocycles. The van der Waals surface area contributed by atoms with Gasteiger partial charge in [0, 0.05) is 17.1 Å². The molecule has 114 valence electrons. The van der Waals surface area contributed by atoms with Crippen LogP contribution in [0.4, 0.5) is 10.5 Å². The molecular formula is C14H18ClN3O3. The van der Waals surface area contributed by atoms with Crippen molar-refractivity contribution in [2.24, 2.45) is 0 Å². The zero-order valence-electron chi connectivity index (χ0n) is 12.0. The largest absolute Gasteiger partial charge is 0.495 e. The third kappa shape index (κ3) is 4.53. The van der Waals surface area contributed by atoms with Crippen LogP contribution >= 0.6 is 11.6 Å². The number of ether oxygens (including phenoxy) is 1. The number of benzene rings is 1. The topological polar surface area (TPSA) is 79.5 Å². The third-order valence-corrected chi connectivity index (χ3v) is 3.49. The Balaban J connectivity index is 1.88. The summed E-state index contributed by atoms with van der Waals surface area (Å²) in [7, 11) is 1.52. The summed E-state index contributed by atoms with van der Waals surface area (Å²) in [4.78, 5) is 23.1. The Kier molecular flexibility index (Phi) is 4.90.